The molecule has 3 heteroatoms. The lowest BCUT2D eigenvalue weighted by molar-refractivity contribution is 0.0306. The third-order valence-corrected chi connectivity index (χ3v) is 4.18. The first-order valence-electron chi connectivity index (χ1n) is 6.66. The third kappa shape index (κ3) is 2.96. The molecule has 2 N–H and O–H groups in total. The Morgan fingerprint density at radius 1 is 1.38 bits per heavy atom. The molecule has 0 aliphatic heterocycles. The molecule has 0 aromatic rings. The smallest absolute Gasteiger partial charge is 0.0590 e. The van der Waals surface area contributed by atoms with E-state index in [1.807, 2.05) is 0 Å². The van der Waals surface area contributed by atoms with Gasteiger partial charge in [-0.05, 0) is 26.2 Å². The van der Waals surface area contributed by atoms with Gasteiger partial charge in [-0.25, -0.2) is 0 Å². The van der Waals surface area contributed by atoms with Gasteiger partial charge < -0.3 is 10.5 Å². The average molecular weight is 228 g/mol. The molecule has 1 unspecified atom stereocenters. The van der Waals surface area contributed by atoms with Crippen LogP contribution in [-0.2, 0) is 4.74 Å². The largest absolute Gasteiger partial charge is 0.383 e. The molecule has 0 heterocycles. The van der Waals surface area contributed by atoms with Gasteiger partial charge in [0.1, 0.15) is 0 Å². The Bertz CT molecular complexity index is 190. The molecule has 1 rings (SSSR count). The van der Waals surface area contributed by atoms with Crippen molar-refractivity contribution in [1.29, 1.82) is 0 Å². The summed E-state index contributed by atoms with van der Waals surface area (Å²) in [6.07, 6.45) is 6.37. The van der Waals surface area contributed by atoms with Crippen LogP contribution >= 0.6 is 0 Å². The fraction of sp³-hybridized carbons (Fsp3) is 1.00. The highest BCUT2D eigenvalue weighted by Gasteiger charge is 2.39. The summed E-state index contributed by atoms with van der Waals surface area (Å²) in [6.45, 7) is 7.19. The van der Waals surface area contributed by atoms with Crippen molar-refractivity contribution in [3.8, 4) is 0 Å². The number of hydrogen-bond donors (Lipinski definition) is 1. The molecule has 0 amide bonds. The molecular weight excluding hydrogens is 200 g/mol. The zero-order valence-corrected chi connectivity index (χ0v) is 11.2. The van der Waals surface area contributed by atoms with Gasteiger partial charge in [0.05, 0.1) is 6.61 Å². The van der Waals surface area contributed by atoms with E-state index in [0.717, 1.165) is 19.7 Å². The first kappa shape index (κ1) is 13.9. The molecule has 1 aliphatic rings. The van der Waals surface area contributed by atoms with Gasteiger partial charge in [0.15, 0.2) is 0 Å². The number of ether oxygens (including phenoxy) is 1. The van der Waals surface area contributed by atoms with Crippen LogP contribution in [0.4, 0.5) is 0 Å². The fourth-order valence-electron chi connectivity index (χ4n) is 2.98. The van der Waals surface area contributed by atoms with E-state index in [1.54, 1.807) is 7.11 Å². The molecule has 1 aliphatic carbocycles. The van der Waals surface area contributed by atoms with E-state index >= 15 is 0 Å². The predicted octanol–water partition coefficient (Wildman–Crippen LogP) is 2.00. The lowest BCUT2D eigenvalue weighted by atomic mass is 9.92. The number of nitrogens with two attached hydrogens (primary N) is 1. The number of hydrogen-bond acceptors (Lipinski definition) is 3. The first-order chi connectivity index (χ1) is 7.70. The van der Waals surface area contributed by atoms with Crippen LogP contribution in [0.5, 0.6) is 0 Å². The first-order valence-corrected chi connectivity index (χ1v) is 6.66. The Labute approximate surface area is 100 Å². The van der Waals surface area contributed by atoms with Gasteiger partial charge in [-0.1, -0.05) is 19.8 Å². The van der Waals surface area contributed by atoms with E-state index in [9.17, 15) is 0 Å². The van der Waals surface area contributed by atoms with Gasteiger partial charge >= 0.3 is 0 Å². The molecule has 0 saturated heterocycles. The van der Waals surface area contributed by atoms with Crippen molar-refractivity contribution in [3.63, 3.8) is 0 Å². The van der Waals surface area contributed by atoms with Crippen LogP contribution in [0.25, 0.3) is 0 Å². The summed E-state index contributed by atoms with van der Waals surface area (Å²) in [5, 5.41) is 0. The van der Waals surface area contributed by atoms with Crippen LogP contribution < -0.4 is 5.73 Å². The van der Waals surface area contributed by atoms with Gasteiger partial charge in [0, 0.05) is 31.8 Å². The summed E-state index contributed by atoms with van der Waals surface area (Å²) in [5.74, 6) is 0. The van der Waals surface area contributed by atoms with Gasteiger partial charge in [0.25, 0.3) is 0 Å². The van der Waals surface area contributed by atoms with E-state index in [1.165, 1.54) is 32.1 Å². The summed E-state index contributed by atoms with van der Waals surface area (Å²) >= 11 is 0. The molecule has 16 heavy (non-hydrogen) atoms. The molecule has 0 spiro atoms. The molecule has 96 valence electrons. The molecule has 0 radical (unpaired) electrons. The van der Waals surface area contributed by atoms with Crippen LogP contribution in [0.15, 0.2) is 0 Å². The zero-order valence-electron chi connectivity index (χ0n) is 11.2. The lowest BCUT2D eigenvalue weighted by Gasteiger charge is -2.44. The van der Waals surface area contributed by atoms with Crippen molar-refractivity contribution in [2.45, 2.75) is 57.5 Å². The van der Waals surface area contributed by atoms with Crippen LogP contribution in [-0.4, -0.2) is 43.3 Å². The van der Waals surface area contributed by atoms with E-state index < -0.39 is 0 Å². The van der Waals surface area contributed by atoms with Gasteiger partial charge in [-0.15, -0.1) is 0 Å². The maximum absolute atomic E-state index is 6.05. The summed E-state index contributed by atoms with van der Waals surface area (Å²) in [7, 11) is 1.78. The van der Waals surface area contributed by atoms with Gasteiger partial charge in [0.2, 0.25) is 0 Å². The highest BCUT2D eigenvalue weighted by Crippen LogP contribution is 2.36. The van der Waals surface area contributed by atoms with E-state index in [-0.39, 0.29) is 5.54 Å². The van der Waals surface area contributed by atoms with Crippen molar-refractivity contribution in [3.05, 3.63) is 0 Å². The monoisotopic (exact) mass is 228 g/mol. The lowest BCUT2D eigenvalue weighted by Crippen LogP contribution is -2.56. The SMILES string of the molecule is CCC(C)N(CCOC)C1(CN)CCCC1. The standard InChI is InChI=1S/C13H28N2O/c1-4-12(2)15(9-10-16-3)13(11-14)7-5-6-8-13/h12H,4-11,14H2,1-3H3. The minimum absolute atomic E-state index is 0.258. The molecule has 0 bridgehead atoms. The second-order valence-electron chi connectivity index (χ2n) is 5.08. The van der Waals surface area contributed by atoms with E-state index in [2.05, 4.69) is 18.7 Å². The van der Waals surface area contributed by atoms with Crippen LogP contribution in [0.3, 0.4) is 0 Å². The Balaban J connectivity index is 2.71. The maximum atomic E-state index is 6.05. The minimum Gasteiger partial charge on any atom is -0.383 e. The summed E-state index contributed by atoms with van der Waals surface area (Å²) in [5.41, 5.74) is 6.31. The Morgan fingerprint density at radius 2 is 2.00 bits per heavy atom. The van der Waals surface area contributed by atoms with Crippen LogP contribution in [0.1, 0.15) is 46.0 Å². The average Bonchev–Trinajstić information content (AvgIpc) is 2.79. The van der Waals surface area contributed by atoms with Crippen LogP contribution in [0, 0.1) is 0 Å². The highest BCUT2D eigenvalue weighted by molar-refractivity contribution is 4.97. The Kier molecular flexibility index (Phi) is 5.73. The Hall–Kier alpha value is -0.120. The maximum Gasteiger partial charge on any atom is 0.0590 e. The van der Waals surface area contributed by atoms with Crippen molar-refractivity contribution < 1.29 is 4.74 Å². The van der Waals surface area contributed by atoms with E-state index in [4.69, 9.17) is 10.5 Å². The van der Waals surface area contributed by atoms with Crippen molar-refractivity contribution in [2.24, 2.45) is 5.73 Å². The third-order valence-electron chi connectivity index (χ3n) is 4.18. The molecular formula is C13H28N2O. The molecule has 1 saturated carbocycles. The van der Waals surface area contributed by atoms with Crippen molar-refractivity contribution in [2.75, 3.05) is 26.8 Å². The van der Waals surface area contributed by atoms with Crippen LogP contribution in [0.2, 0.25) is 0 Å². The zero-order chi connectivity index (χ0) is 12.0. The number of methoxy groups -OCH3 is 1. The normalized spacial score (nSPS) is 21.6. The molecule has 1 atom stereocenters. The quantitative estimate of drug-likeness (QED) is 0.724. The minimum atomic E-state index is 0.258. The second-order valence-corrected chi connectivity index (χ2v) is 5.08. The van der Waals surface area contributed by atoms with E-state index in [0.29, 0.717) is 6.04 Å². The molecule has 0 aromatic carbocycles. The predicted molar refractivity (Wildman–Crippen MR) is 68.6 cm³/mol. The highest BCUT2D eigenvalue weighted by atomic mass is 16.5. The fourth-order valence-corrected chi connectivity index (χ4v) is 2.98. The summed E-state index contributed by atoms with van der Waals surface area (Å²) in [4.78, 5) is 2.60. The number of nitrogens with zero attached hydrogens (tertiary/aromatic N) is 1. The second kappa shape index (κ2) is 6.58. The topological polar surface area (TPSA) is 38.5 Å². The Morgan fingerprint density at radius 3 is 2.44 bits per heavy atom. The van der Waals surface area contributed by atoms with Gasteiger partial charge in [-0.3, -0.25) is 4.90 Å². The molecule has 1 fully saturated rings. The molecule has 0 aromatic heterocycles. The summed E-state index contributed by atoms with van der Waals surface area (Å²) in [6, 6.07) is 0.608. The van der Waals surface area contributed by atoms with Gasteiger partial charge in [-0.2, -0.15) is 0 Å². The molecule has 3 nitrogen and oxygen atoms in total. The summed E-state index contributed by atoms with van der Waals surface area (Å²) < 4.78 is 5.23. The van der Waals surface area contributed by atoms with Crippen molar-refractivity contribution in [1.82, 2.24) is 4.90 Å². The number of rotatable bonds is 7. The van der Waals surface area contributed by atoms with Crippen molar-refractivity contribution >= 4 is 0 Å².